The van der Waals surface area contributed by atoms with Gasteiger partial charge in [-0.1, -0.05) is 30.3 Å². The Morgan fingerprint density at radius 2 is 1.80 bits per heavy atom. The first-order valence-electron chi connectivity index (χ1n) is 9.75. The highest BCUT2D eigenvalue weighted by Gasteiger charge is 2.26. The van der Waals surface area contributed by atoms with Crippen LogP contribution in [0.1, 0.15) is 48.5 Å². The van der Waals surface area contributed by atoms with Crippen LogP contribution in [0.2, 0.25) is 0 Å². The summed E-state index contributed by atoms with van der Waals surface area (Å²) < 4.78 is 29.6. The number of hydrogen-bond acceptors (Lipinski definition) is 5. The molecule has 3 aromatic rings. The molecule has 0 bridgehead atoms. The highest BCUT2D eigenvalue weighted by Crippen LogP contribution is 2.27. The summed E-state index contributed by atoms with van der Waals surface area (Å²) in [5.74, 6) is -1.54. The van der Waals surface area contributed by atoms with Gasteiger partial charge in [-0.2, -0.15) is 0 Å². The van der Waals surface area contributed by atoms with Crippen LogP contribution >= 0.6 is 0 Å². The van der Waals surface area contributed by atoms with Crippen molar-refractivity contribution in [2.45, 2.75) is 39.5 Å². The van der Waals surface area contributed by atoms with Gasteiger partial charge in [-0.25, -0.2) is 9.18 Å². The maximum absolute atomic E-state index is 13.1. The number of halogens is 1. The van der Waals surface area contributed by atoms with E-state index in [4.69, 9.17) is 13.9 Å². The molecule has 0 radical (unpaired) electrons. The summed E-state index contributed by atoms with van der Waals surface area (Å²) in [6.07, 6.45) is -1.05. The third-order valence-electron chi connectivity index (χ3n) is 4.72. The van der Waals surface area contributed by atoms with Crippen molar-refractivity contribution in [2.24, 2.45) is 0 Å². The van der Waals surface area contributed by atoms with E-state index in [9.17, 15) is 14.0 Å². The Morgan fingerprint density at radius 3 is 2.50 bits per heavy atom. The van der Waals surface area contributed by atoms with E-state index < -0.39 is 18.0 Å². The number of benzene rings is 2. The molecule has 2 atom stereocenters. The maximum Gasteiger partial charge on any atom is 0.375 e. The van der Waals surface area contributed by atoms with Crippen molar-refractivity contribution >= 4 is 22.8 Å². The topological polar surface area (TPSA) is 77.8 Å². The molecule has 0 fully saturated rings. The molecular formula is C23H24FNO5. The Labute approximate surface area is 174 Å². The minimum absolute atomic E-state index is 0.0240. The van der Waals surface area contributed by atoms with Crippen molar-refractivity contribution in [3.05, 3.63) is 71.2 Å². The molecule has 1 N–H and O–H groups in total. The van der Waals surface area contributed by atoms with Crippen molar-refractivity contribution < 1.29 is 27.9 Å². The molecule has 7 heteroatoms. The number of amides is 1. The zero-order chi connectivity index (χ0) is 21.7. The Hall–Kier alpha value is -3.19. The smallest absolute Gasteiger partial charge is 0.375 e. The number of furan rings is 1. The lowest BCUT2D eigenvalue weighted by molar-refractivity contribution is -0.129. The van der Waals surface area contributed by atoms with Crippen LogP contribution in [-0.4, -0.2) is 24.6 Å². The van der Waals surface area contributed by atoms with Crippen molar-refractivity contribution in [2.75, 3.05) is 6.61 Å². The Balaban J connectivity index is 1.70. The third kappa shape index (κ3) is 4.86. The number of esters is 1. The number of fused-ring (bicyclic) bond motifs is 1. The normalized spacial score (nSPS) is 13.1. The third-order valence-corrected chi connectivity index (χ3v) is 4.72. The maximum atomic E-state index is 13.1. The van der Waals surface area contributed by atoms with Crippen molar-refractivity contribution in [1.82, 2.24) is 5.32 Å². The van der Waals surface area contributed by atoms with Gasteiger partial charge in [0.1, 0.15) is 11.4 Å². The van der Waals surface area contributed by atoms with E-state index in [1.807, 2.05) is 19.1 Å². The molecule has 158 valence electrons. The predicted octanol–water partition coefficient (Wildman–Crippen LogP) is 4.53. The summed E-state index contributed by atoms with van der Waals surface area (Å²) in [6, 6.07) is 12.7. The quantitative estimate of drug-likeness (QED) is 0.549. The number of carbonyl (C=O) groups excluding carboxylic acids is 2. The monoisotopic (exact) mass is 413 g/mol. The molecule has 3 rings (SSSR count). The summed E-state index contributed by atoms with van der Waals surface area (Å²) in [5.41, 5.74) is 1.87. The van der Waals surface area contributed by atoms with E-state index in [-0.39, 0.29) is 24.2 Å². The predicted molar refractivity (Wildman–Crippen MR) is 109 cm³/mol. The molecule has 1 heterocycles. The van der Waals surface area contributed by atoms with Gasteiger partial charge in [-0.3, -0.25) is 4.79 Å². The first-order valence-corrected chi connectivity index (χ1v) is 9.75. The first kappa shape index (κ1) is 21.5. The fourth-order valence-corrected chi connectivity index (χ4v) is 3.04. The van der Waals surface area contributed by atoms with E-state index in [2.05, 4.69) is 5.32 Å². The van der Waals surface area contributed by atoms with E-state index in [0.29, 0.717) is 17.8 Å². The van der Waals surface area contributed by atoms with Gasteiger partial charge in [0.15, 0.2) is 6.10 Å². The largest absolute Gasteiger partial charge is 0.449 e. The lowest BCUT2D eigenvalue weighted by Crippen LogP contribution is -2.37. The van der Waals surface area contributed by atoms with E-state index in [1.165, 1.54) is 19.1 Å². The van der Waals surface area contributed by atoms with E-state index in [1.54, 1.807) is 31.2 Å². The summed E-state index contributed by atoms with van der Waals surface area (Å²) in [5, 5.41) is 3.52. The molecule has 6 nitrogen and oxygen atoms in total. The molecule has 1 aromatic heterocycles. The minimum atomic E-state index is -1.05. The molecule has 0 aliphatic heterocycles. The lowest BCUT2D eigenvalue weighted by atomic mass is 10.1. The van der Waals surface area contributed by atoms with Crippen LogP contribution < -0.4 is 5.32 Å². The molecule has 0 aliphatic rings. The van der Waals surface area contributed by atoms with Gasteiger partial charge in [-0.15, -0.1) is 0 Å². The second kappa shape index (κ2) is 9.54. The van der Waals surface area contributed by atoms with Crippen molar-refractivity contribution in [1.29, 1.82) is 0 Å². The lowest BCUT2D eigenvalue weighted by Gasteiger charge is -2.18. The summed E-state index contributed by atoms with van der Waals surface area (Å²) in [4.78, 5) is 25.2. The molecule has 0 spiro atoms. The van der Waals surface area contributed by atoms with E-state index >= 15 is 0 Å². The number of hydrogen-bond donors (Lipinski definition) is 1. The zero-order valence-electron chi connectivity index (χ0n) is 17.1. The van der Waals surface area contributed by atoms with Gasteiger partial charge < -0.3 is 19.2 Å². The Morgan fingerprint density at radius 1 is 1.10 bits per heavy atom. The standard InChI is InChI=1S/C23H24FNO5/c1-4-28-13-19-18-7-5-6-8-20(18)30-21(19)23(27)29-15(3)22(26)25-14(2)16-9-11-17(24)12-10-16/h5-12,14-15H,4,13H2,1-3H3,(H,25,26)/t14-,15+/m1/s1. The number of para-hydroxylation sites is 1. The van der Waals surface area contributed by atoms with Crippen LogP contribution in [0.15, 0.2) is 52.9 Å². The highest BCUT2D eigenvalue weighted by atomic mass is 19.1. The van der Waals surface area contributed by atoms with Gasteiger partial charge in [0.25, 0.3) is 5.91 Å². The van der Waals surface area contributed by atoms with E-state index in [0.717, 1.165) is 10.9 Å². The van der Waals surface area contributed by atoms with Gasteiger partial charge in [0, 0.05) is 17.6 Å². The average molecular weight is 413 g/mol. The second-order valence-corrected chi connectivity index (χ2v) is 6.87. The minimum Gasteiger partial charge on any atom is -0.449 e. The molecule has 0 saturated carbocycles. The molecule has 2 aromatic carbocycles. The number of rotatable bonds is 8. The summed E-state index contributed by atoms with van der Waals surface area (Å²) in [7, 11) is 0. The average Bonchev–Trinajstić information content (AvgIpc) is 3.11. The Kier molecular flexibility index (Phi) is 6.84. The van der Waals surface area contributed by atoms with Gasteiger partial charge >= 0.3 is 5.97 Å². The summed E-state index contributed by atoms with van der Waals surface area (Å²) >= 11 is 0. The van der Waals surface area contributed by atoms with Crippen LogP contribution in [-0.2, 0) is 20.9 Å². The fraction of sp³-hybridized carbons (Fsp3) is 0.304. The first-order chi connectivity index (χ1) is 14.4. The number of nitrogens with one attached hydrogen (secondary N) is 1. The molecule has 0 saturated heterocycles. The van der Waals surface area contributed by atoms with Crippen LogP contribution in [0.25, 0.3) is 11.0 Å². The summed E-state index contributed by atoms with van der Waals surface area (Å²) in [6.45, 7) is 5.78. The van der Waals surface area contributed by atoms with Crippen LogP contribution in [0.4, 0.5) is 4.39 Å². The van der Waals surface area contributed by atoms with Crippen LogP contribution in [0.5, 0.6) is 0 Å². The molecular weight excluding hydrogens is 389 g/mol. The molecule has 30 heavy (non-hydrogen) atoms. The van der Waals surface area contributed by atoms with Gasteiger partial charge in [-0.05, 0) is 44.5 Å². The van der Waals surface area contributed by atoms with Crippen molar-refractivity contribution in [3.8, 4) is 0 Å². The highest BCUT2D eigenvalue weighted by molar-refractivity contribution is 5.97. The molecule has 1 amide bonds. The molecule has 0 aliphatic carbocycles. The zero-order valence-corrected chi connectivity index (χ0v) is 17.1. The van der Waals surface area contributed by atoms with Crippen molar-refractivity contribution in [3.63, 3.8) is 0 Å². The second-order valence-electron chi connectivity index (χ2n) is 6.87. The molecule has 0 unspecified atom stereocenters. The van der Waals surface area contributed by atoms with Gasteiger partial charge in [0.2, 0.25) is 5.76 Å². The van der Waals surface area contributed by atoms with Crippen LogP contribution in [0, 0.1) is 5.82 Å². The fourth-order valence-electron chi connectivity index (χ4n) is 3.04. The van der Waals surface area contributed by atoms with Gasteiger partial charge in [0.05, 0.1) is 12.6 Å². The van der Waals surface area contributed by atoms with Crippen LogP contribution in [0.3, 0.4) is 0 Å². The number of carbonyl (C=O) groups is 2. The SMILES string of the molecule is CCOCc1c(C(=O)O[C@@H](C)C(=O)N[C@H](C)c2ccc(F)cc2)oc2ccccc12. The number of ether oxygens (including phenoxy) is 2. The Bertz CT molecular complexity index is 1030.